The fourth-order valence-electron chi connectivity index (χ4n) is 0.647. The summed E-state index contributed by atoms with van der Waals surface area (Å²) in [5.41, 5.74) is 0. The Labute approximate surface area is 74.9 Å². The Morgan fingerprint density at radius 1 is 1.17 bits per heavy atom. The molecule has 0 fully saturated rings. The fourth-order valence-corrected chi connectivity index (χ4v) is 0.647. The van der Waals surface area contributed by atoms with E-state index in [1.54, 1.807) is 7.05 Å². The van der Waals surface area contributed by atoms with Gasteiger partial charge in [0.05, 0.1) is 6.04 Å². The van der Waals surface area contributed by atoms with Crippen LogP contribution in [0.1, 0.15) is 27.7 Å². The van der Waals surface area contributed by atoms with Gasteiger partial charge in [-0.2, -0.15) is 0 Å². The SMILES string of the molecule is CNC(C)C(=O)NC(C)C(C)C. The third kappa shape index (κ3) is 3.72. The van der Waals surface area contributed by atoms with Crippen molar-refractivity contribution in [2.24, 2.45) is 5.92 Å². The van der Waals surface area contributed by atoms with Gasteiger partial charge in [-0.1, -0.05) is 13.8 Å². The lowest BCUT2D eigenvalue weighted by atomic mass is 10.1. The van der Waals surface area contributed by atoms with E-state index in [1.807, 2.05) is 13.8 Å². The van der Waals surface area contributed by atoms with E-state index >= 15 is 0 Å². The number of likely N-dealkylation sites (N-methyl/N-ethyl adjacent to an activating group) is 1. The number of hydrogen-bond donors (Lipinski definition) is 2. The maximum absolute atomic E-state index is 11.3. The van der Waals surface area contributed by atoms with Crippen LogP contribution in [0, 0.1) is 5.92 Å². The molecule has 2 unspecified atom stereocenters. The van der Waals surface area contributed by atoms with Crippen molar-refractivity contribution in [2.75, 3.05) is 7.05 Å². The van der Waals surface area contributed by atoms with Crippen molar-refractivity contribution >= 4 is 5.91 Å². The first-order chi connectivity index (χ1) is 5.49. The zero-order chi connectivity index (χ0) is 9.72. The Morgan fingerprint density at radius 2 is 1.67 bits per heavy atom. The molecule has 2 atom stereocenters. The number of carbonyl (C=O) groups excluding carboxylic acids is 1. The van der Waals surface area contributed by atoms with Crippen LogP contribution in [0.3, 0.4) is 0 Å². The molecule has 0 aromatic heterocycles. The van der Waals surface area contributed by atoms with Crippen molar-refractivity contribution < 1.29 is 4.79 Å². The molecule has 1 amide bonds. The molecule has 12 heavy (non-hydrogen) atoms. The molecule has 0 aromatic rings. The van der Waals surface area contributed by atoms with Crippen LogP contribution in [0.4, 0.5) is 0 Å². The molecular weight excluding hydrogens is 152 g/mol. The molecule has 72 valence electrons. The summed E-state index contributed by atoms with van der Waals surface area (Å²) in [6, 6.07) is 0.138. The van der Waals surface area contributed by atoms with Crippen molar-refractivity contribution in [3.63, 3.8) is 0 Å². The topological polar surface area (TPSA) is 41.1 Å². The minimum atomic E-state index is -0.105. The first kappa shape index (κ1) is 11.4. The Hall–Kier alpha value is -0.570. The number of rotatable bonds is 4. The minimum Gasteiger partial charge on any atom is -0.352 e. The molecule has 0 rings (SSSR count). The van der Waals surface area contributed by atoms with Gasteiger partial charge in [-0.3, -0.25) is 4.79 Å². The maximum Gasteiger partial charge on any atom is 0.237 e. The third-order valence-corrected chi connectivity index (χ3v) is 2.20. The summed E-state index contributed by atoms with van der Waals surface area (Å²) in [4.78, 5) is 11.3. The molecule has 0 heterocycles. The van der Waals surface area contributed by atoms with Gasteiger partial charge in [0.25, 0.3) is 0 Å². The number of hydrogen-bond acceptors (Lipinski definition) is 2. The van der Waals surface area contributed by atoms with E-state index in [2.05, 4.69) is 24.5 Å². The van der Waals surface area contributed by atoms with E-state index in [4.69, 9.17) is 0 Å². The Bertz CT molecular complexity index is 145. The molecule has 0 radical (unpaired) electrons. The van der Waals surface area contributed by atoms with Gasteiger partial charge in [-0.15, -0.1) is 0 Å². The van der Waals surface area contributed by atoms with Gasteiger partial charge < -0.3 is 10.6 Å². The normalized spacial score (nSPS) is 15.8. The number of carbonyl (C=O) groups is 1. The van der Waals surface area contributed by atoms with Crippen LogP contribution in [0.25, 0.3) is 0 Å². The van der Waals surface area contributed by atoms with Crippen LogP contribution in [-0.4, -0.2) is 25.0 Å². The summed E-state index contributed by atoms with van der Waals surface area (Å²) >= 11 is 0. The largest absolute Gasteiger partial charge is 0.352 e. The van der Waals surface area contributed by atoms with E-state index in [1.165, 1.54) is 0 Å². The Balaban J connectivity index is 3.84. The van der Waals surface area contributed by atoms with Gasteiger partial charge in [-0.25, -0.2) is 0 Å². The third-order valence-electron chi connectivity index (χ3n) is 2.20. The van der Waals surface area contributed by atoms with Crippen LogP contribution >= 0.6 is 0 Å². The molecule has 0 bridgehead atoms. The lowest BCUT2D eigenvalue weighted by Crippen LogP contribution is -2.45. The zero-order valence-electron chi connectivity index (χ0n) is 8.64. The zero-order valence-corrected chi connectivity index (χ0v) is 8.64. The summed E-state index contributed by atoms with van der Waals surface area (Å²) in [5.74, 6) is 0.553. The molecule has 0 aromatic carbocycles. The summed E-state index contributed by atoms with van der Waals surface area (Å²) in [6.45, 7) is 8.05. The number of amides is 1. The second kappa shape index (κ2) is 5.14. The summed E-state index contributed by atoms with van der Waals surface area (Å²) in [6.07, 6.45) is 0. The first-order valence-corrected chi connectivity index (χ1v) is 4.46. The molecule has 0 saturated heterocycles. The second-order valence-corrected chi connectivity index (χ2v) is 3.55. The molecule has 3 nitrogen and oxygen atoms in total. The van der Waals surface area contributed by atoms with E-state index in [-0.39, 0.29) is 18.0 Å². The minimum absolute atomic E-state index is 0.0682. The van der Waals surface area contributed by atoms with Crippen molar-refractivity contribution in [3.8, 4) is 0 Å². The molecule has 3 heteroatoms. The van der Waals surface area contributed by atoms with Crippen molar-refractivity contribution in [3.05, 3.63) is 0 Å². The van der Waals surface area contributed by atoms with E-state index in [0.717, 1.165) is 0 Å². The van der Waals surface area contributed by atoms with Crippen LogP contribution < -0.4 is 10.6 Å². The molecule has 0 aliphatic heterocycles. The average Bonchev–Trinajstić information content (AvgIpc) is 2.02. The first-order valence-electron chi connectivity index (χ1n) is 4.46. The summed E-state index contributed by atoms with van der Waals surface area (Å²) in [5, 5.41) is 5.83. The van der Waals surface area contributed by atoms with Crippen LogP contribution in [0.2, 0.25) is 0 Å². The highest BCUT2D eigenvalue weighted by atomic mass is 16.2. The predicted octanol–water partition coefficient (Wildman–Crippen LogP) is 0.755. The van der Waals surface area contributed by atoms with Crippen LogP contribution in [0.15, 0.2) is 0 Å². The monoisotopic (exact) mass is 172 g/mol. The highest BCUT2D eigenvalue weighted by Gasteiger charge is 2.14. The molecule has 2 N–H and O–H groups in total. The lowest BCUT2D eigenvalue weighted by molar-refractivity contribution is -0.123. The summed E-state index contributed by atoms with van der Waals surface area (Å²) in [7, 11) is 1.78. The smallest absolute Gasteiger partial charge is 0.237 e. The van der Waals surface area contributed by atoms with Gasteiger partial charge in [0.15, 0.2) is 0 Å². The quantitative estimate of drug-likeness (QED) is 0.657. The lowest BCUT2D eigenvalue weighted by Gasteiger charge is -2.19. The van der Waals surface area contributed by atoms with E-state index < -0.39 is 0 Å². The molecular formula is C9H20N2O. The maximum atomic E-state index is 11.3. The van der Waals surface area contributed by atoms with Gasteiger partial charge in [0.2, 0.25) is 5.91 Å². The van der Waals surface area contributed by atoms with Gasteiger partial charge in [-0.05, 0) is 26.8 Å². The molecule has 0 saturated carbocycles. The van der Waals surface area contributed by atoms with Gasteiger partial charge >= 0.3 is 0 Å². The van der Waals surface area contributed by atoms with Crippen LogP contribution in [-0.2, 0) is 4.79 Å². The van der Waals surface area contributed by atoms with Crippen molar-refractivity contribution in [1.29, 1.82) is 0 Å². The van der Waals surface area contributed by atoms with E-state index in [0.29, 0.717) is 5.92 Å². The molecule has 0 aliphatic rings. The standard InChI is InChI=1S/C9H20N2O/c1-6(2)7(3)11-9(12)8(4)10-5/h6-8,10H,1-5H3,(H,11,12). The van der Waals surface area contributed by atoms with Gasteiger partial charge in [0.1, 0.15) is 0 Å². The molecule has 0 spiro atoms. The predicted molar refractivity (Wildman–Crippen MR) is 51.0 cm³/mol. The van der Waals surface area contributed by atoms with Crippen LogP contribution in [0.5, 0.6) is 0 Å². The van der Waals surface area contributed by atoms with Crippen molar-refractivity contribution in [2.45, 2.75) is 39.8 Å². The second-order valence-electron chi connectivity index (χ2n) is 3.55. The van der Waals surface area contributed by atoms with E-state index in [9.17, 15) is 4.79 Å². The van der Waals surface area contributed by atoms with Gasteiger partial charge in [0, 0.05) is 6.04 Å². The fraction of sp³-hybridized carbons (Fsp3) is 0.889. The summed E-state index contributed by atoms with van der Waals surface area (Å²) < 4.78 is 0. The Kier molecular flexibility index (Phi) is 4.90. The molecule has 0 aliphatic carbocycles. The average molecular weight is 172 g/mol. The number of nitrogens with one attached hydrogen (secondary N) is 2. The Morgan fingerprint density at radius 3 is 2.00 bits per heavy atom. The van der Waals surface area contributed by atoms with Crippen molar-refractivity contribution in [1.82, 2.24) is 10.6 Å². The highest BCUT2D eigenvalue weighted by molar-refractivity contribution is 5.81. The highest BCUT2D eigenvalue weighted by Crippen LogP contribution is 1.99.